The Hall–Kier alpha value is -3.03. The monoisotopic (exact) mass is 394 g/mol. The molecular formula is C22H22N2O5. The third kappa shape index (κ3) is 2.62. The number of nitrogens with zero attached hydrogens (tertiary/aromatic N) is 2. The summed E-state index contributed by atoms with van der Waals surface area (Å²) in [4.78, 5) is 29.7. The van der Waals surface area contributed by atoms with Gasteiger partial charge in [-0.3, -0.25) is 4.79 Å². The maximum absolute atomic E-state index is 13.1. The van der Waals surface area contributed by atoms with E-state index in [0.29, 0.717) is 17.9 Å². The average Bonchev–Trinajstić information content (AvgIpc) is 3.09. The second-order valence-corrected chi connectivity index (χ2v) is 7.28. The number of carboxylic acid groups (broad SMARTS) is 1. The minimum absolute atomic E-state index is 0.0768. The van der Waals surface area contributed by atoms with Gasteiger partial charge in [-0.25, -0.2) is 9.78 Å². The molecule has 29 heavy (non-hydrogen) atoms. The van der Waals surface area contributed by atoms with Crippen molar-refractivity contribution < 1.29 is 20.1 Å². The summed E-state index contributed by atoms with van der Waals surface area (Å²) in [6.45, 7) is 3.21. The van der Waals surface area contributed by atoms with E-state index in [1.165, 1.54) is 17.6 Å². The Bertz CT molecular complexity index is 1210. The molecule has 1 aliphatic heterocycles. The molecular weight excluding hydrogens is 372 g/mol. The minimum atomic E-state index is -2.26. The molecule has 3 aromatic rings. The zero-order valence-corrected chi connectivity index (χ0v) is 16.3. The Morgan fingerprint density at radius 1 is 1.24 bits per heavy atom. The number of hydrogen-bond donors (Lipinski definition) is 3. The van der Waals surface area contributed by atoms with Crippen molar-refractivity contribution in [1.29, 1.82) is 0 Å². The Balaban J connectivity index is 2.08. The first-order valence-electron chi connectivity index (χ1n) is 9.62. The summed E-state index contributed by atoms with van der Waals surface area (Å²) < 4.78 is 1.50. The van der Waals surface area contributed by atoms with Crippen molar-refractivity contribution in [2.75, 3.05) is 0 Å². The van der Waals surface area contributed by atoms with E-state index in [1.807, 2.05) is 31.2 Å². The van der Waals surface area contributed by atoms with Crippen LogP contribution in [0.1, 0.15) is 42.5 Å². The largest absolute Gasteiger partial charge is 0.479 e. The zero-order valence-electron chi connectivity index (χ0n) is 16.3. The lowest BCUT2D eigenvalue weighted by Gasteiger charge is -2.25. The highest BCUT2D eigenvalue weighted by Crippen LogP contribution is 2.38. The highest BCUT2D eigenvalue weighted by atomic mass is 16.4. The van der Waals surface area contributed by atoms with Gasteiger partial charge < -0.3 is 19.9 Å². The van der Waals surface area contributed by atoms with E-state index in [1.54, 1.807) is 0 Å². The van der Waals surface area contributed by atoms with Crippen molar-refractivity contribution in [1.82, 2.24) is 9.55 Å². The third-order valence-electron chi connectivity index (χ3n) is 5.89. The van der Waals surface area contributed by atoms with Crippen molar-refractivity contribution >= 4 is 16.9 Å². The number of carbonyl (C=O) groups is 1. The van der Waals surface area contributed by atoms with Crippen LogP contribution in [0, 0.1) is 0 Å². The average molecular weight is 394 g/mol. The van der Waals surface area contributed by atoms with Gasteiger partial charge in [0.25, 0.3) is 5.56 Å². The molecule has 0 fully saturated rings. The van der Waals surface area contributed by atoms with Gasteiger partial charge in [0.1, 0.15) is 0 Å². The molecule has 3 heterocycles. The first-order valence-corrected chi connectivity index (χ1v) is 9.62. The Kier molecular flexibility index (Phi) is 4.52. The maximum atomic E-state index is 13.1. The first kappa shape index (κ1) is 19.3. The fourth-order valence-corrected chi connectivity index (χ4v) is 4.28. The van der Waals surface area contributed by atoms with Crippen LogP contribution in [0.25, 0.3) is 22.3 Å². The van der Waals surface area contributed by atoms with E-state index >= 15 is 0 Å². The second-order valence-electron chi connectivity index (χ2n) is 7.28. The molecule has 0 radical (unpaired) electrons. The predicted molar refractivity (Wildman–Crippen MR) is 108 cm³/mol. The predicted octanol–water partition coefficient (Wildman–Crippen LogP) is 2.16. The highest BCUT2D eigenvalue weighted by Gasteiger charge is 2.40. The molecule has 1 atom stereocenters. The maximum Gasteiger partial charge on any atom is 0.340 e. The van der Waals surface area contributed by atoms with Crippen LogP contribution in [0.3, 0.4) is 0 Å². The molecule has 2 aromatic heterocycles. The smallest absolute Gasteiger partial charge is 0.340 e. The summed E-state index contributed by atoms with van der Waals surface area (Å²) in [6.07, 6.45) is 0.609. The van der Waals surface area contributed by atoms with Gasteiger partial charge in [-0.05, 0) is 30.5 Å². The van der Waals surface area contributed by atoms with Crippen LogP contribution >= 0.6 is 0 Å². The lowest BCUT2D eigenvalue weighted by Crippen LogP contribution is -2.39. The topological polar surface area (TPSA) is 113 Å². The van der Waals surface area contributed by atoms with Crippen molar-refractivity contribution in [3.63, 3.8) is 0 Å². The summed E-state index contributed by atoms with van der Waals surface area (Å²) in [5.74, 6) is -1.46. The first-order chi connectivity index (χ1) is 13.9. The number of aryl methyl sites for hydroxylation is 1. The number of aromatic nitrogens is 2. The van der Waals surface area contributed by atoms with E-state index in [9.17, 15) is 24.9 Å². The number of hydrogen-bond acceptors (Lipinski definition) is 5. The lowest BCUT2D eigenvalue weighted by molar-refractivity contribution is -0.160. The molecule has 0 aliphatic carbocycles. The number of pyridine rings is 2. The molecule has 1 aliphatic rings. The summed E-state index contributed by atoms with van der Waals surface area (Å²) in [5.41, 5.74) is 0.934. The number of para-hydroxylation sites is 1. The van der Waals surface area contributed by atoms with Crippen LogP contribution in [-0.4, -0.2) is 30.8 Å². The van der Waals surface area contributed by atoms with Crippen molar-refractivity contribution in [3.8, 4) is 11.4 Å². The van der Waals surface area contributed by atoms with E-state index in [-0.39, 0.29) is 17.5 Å². The number of rotatable bonds is 5. The normalized spacial score (nSPS) is 14.5. The Labute approximate surface area is 166 Å². The van der Waals surface area contributed by atoms with E-state index in [0.717, 1.165) is 28.5 Å². The second kappa shape index (κ2) is 6.79. The minimum Gasteiger partial charge on any atom is -0.479 e. The highest BCUT2D eigenvalue weighted by molar-refractivity contribution is 5.88. The molecule has 0 amide bonds. The summed E-state index contributed by atoms with van der Waals surface area (Å²) in [7, 11) is 0. The molecule has 4 rings (SSSR count). The summed E-state index contributed by atoms with van der Waals surface area (Å²) in [5, 5.41) is 31.2. The van der Waals surface area contributed by atoms with Crippen LogP contribution in [0.5, 0.6) is 0 Å². The fraction of sp³-hybridized carbons (Fsp3) is 0.318. The number of fused-ring (bicyclic) bond motifs is 4. The van der Waals surface area contributed by atoms with E-state index in [4.69, 9.17) is 4.98 Å². The van der Waals surface area contributed by atoms with Crippen molar-refractivity contribution in [2.24, 2.45) is 0 Å². The quantitative estimate of drug-likeness (QED) is 0.478. The van der Waals surface area contributed by atoms with Gasteiger partial charge in [-0.1, -0.05) is 32.0 Å². The van der Waals surface area contributed by atoms with Crippen LogP contribution < -0.4 is 5.56 Å². The van der Waals surface area contributed by atoms with Gasteiger partial charge in [-0.2, -0.15) is 0 Å². The van der Waals surface area contributed by atoms with Crippen molar-refractivity contribution in [3.05, 3.63) is 62.9 Å². The van der Waals surface area contributed by atoms with E-state index in [2.05, 4.69) is 0 Å². The molecule has 0 saturated heterocycles. The van der Waals surface area contributed by atoms with Gasteiger partial charge in [0, 0.05) is 22.1 Å². The molecule has 7 heteroatoms. The molecule has 7 nitrogen and oxygen atoms in total. The molecule has 0 unspecified atom stereocenters. The lowest BCUT2D eigenvalue weighted by atomic mass is 9.87. The van der Waals surface area contributed by atoms with Crippen LogP contribution in [0.2, 0.25) is 0 Å². The molecule has 0 spiro atoms. The molecule has 150 valence electrons. The number of aliphatic hydroxyl groups is 2. The summed E-state index contributed by atoms with van der Waals surface area (Å²) in [6, 6.07) is 9.23. The van der Waals surface area contributed by atoms with Crippen LogP contribution in [0.15, 0.2) is 35.1 Å². The summed E-state index contributed by atoms with van der Waals surface area (Å²) >= 11 is 0. The Morgan fingerprint density at radius 2 is 1.97 bits per heavy atom. The fourth-order valence-electron chi connectivity index (χ4n) is 4.28. The van der Waals surface area contributed by atoms with Crippen LogP contribution in [-0.2, 0) is 30.0 Å². The number of carboxylic acids is 1. The van der Waals surface area contributed by atoms with E-state index < -0.39 is 23.7 Å². The number of aliphatic carboxylic acids is 1. The molecule has 0 saturated carbocycles. The van der Waals surface area contributed by atoms with Gasteiger partial charge in [0.15, 0.2) is 5.60 Å². The number of benzene rings is 1. The van der Waals surface area contributed by atoms with Gasteiger partial charge in [-0.15, -0.1) is 0 Å². The van der Waals surface area contributed by atoms with Crippen molar-refractivity contribution in [2.45, 2.75) is 45.4 Å². The standard InChI is InChI=1S/C22H22N2O5/c1-3-12-13-7-5-6-8-17(13)23-19-14(12)10-24-18(19)9-16(15(11-25)20(24)26)22(29,4-2)21(27)28/h5-9,25,29H,3-4,10-11H2,1-2H3,(H,27,28)/t22-/m0/s1. The number of aliphatic hydroxyl groups excluding tert-OH is 1. The SMILES string of the molecule is CCc1c2c(nc3ccccc13)-c1cc([C@@](O)(CC)C(=O)O)c(CO)c(=O)n1C2. The molecule has 3 N–H and O–H groups in total. The third-order valence-corrected chi connectivity index (χ3v) is 5.89. The van der Waals surface area contributed by atoms with Gasteiger partial charge in [0.2, 0.25) is 0 Å². The van der Waals surface area contributed by atoms with Gasteiger partial charge >= 0.3 is 5.97 Å². The Morgan fingerprint density at radius 3 is 2.59 bits per heavy atom. The van der Waals surface area contributed by atoms with Gasteiger partial charge in [0.05, 0.1) is 30.1 Å². The van der Waals surface area contributed by atoms with Crippen LogP contribution in [0.4, 0.5) is 0 Å². The molecule has 0 bridgehead atoms. The zero-order chi connectivity index (χ0) is 20.9. The molecule has 1 aromatic carbocycles.